The molecule has 154 valence electrons. The molecule has 2 fully saturated rings. The number of hydrogen-bond donors (Lipinski definition) is 1. The first-order valence-corrected chi connectivity index (χ1v) is 10.5. The molecule has 1 aromatic carbocycles. The van der Waals surface area contributed by atoms with Crippen molar-refractivity contribution in [1.29, 1.82) is 0 Å². The number of rotatable bonds is 6. The molecule has 2 aliphatic rings. The number of para-hydroxylation sites is 2. The van der Waals surface area contributed by atoms with Gasteiger partial charge in [0.1, 0.15) is 5.75 Å². The highest BCUT2D eigenvalue weighted by Gasteiger charge is 2.23. The largest absolute Gasteiger partial charge is 0.492 e. The summed E-state index contributed by atoms with van der Waals surface area (Å²) in [6.07, 6.45) is 3.78. The normalized spacial score (nSPS) is 17.4. The highest BCUT2D eigenvalue weighted by atomic mass is 16.5. The lowest BCUT2D eigenvalue weighted by Crippen LogP contribution is -2.52. The van der Waals surface area contributed by atoms with Gasteiger partial charge in [-0.25, -0.2) is 4.79 Å². The van der Waals surface area contributed by atoms with E-state index in [-0.39, 0.29) is 11.9 Å². The van der Waals surface area contributed by atoms with Crippen LogP contribution in [0, 0.1) is 0 Å². The van der Waals surface area contributed by atoms with Gasteiger partial charge >= 0.3 is 6.03 Å². The third kappa shape index (κ3) is 5.30. The Morgan fingerprint density at radius 1 is 0.964 bits per heavy atom. The van der Waals surface area contributed by atoms with E-state index in [9.17, 15) is 9.59 Å². The predicted octanol–water partition coefficient (Wildman–Crippen LogP) is 2.32. The summed E-state index contributed by atoms with van der Waals surface area (Å²) < 4.78 is 5.72. The minimum Gasteiger partial charge on any atom is -0.492 e. The number of nitrogens with zero attached hydrogens (tertiary/aromatic N) is 3. The smallest absolute Gasteiger partial charge is 0.317 e. The molecule has 2 aliphatic heterocycles. The Bertz CT molecular complexity index is 653. The predicted molar refractivity (Wildman–Crippen MR) is 110 cm³/mol. The Morgan fingerprint density at radius 2 is 1.68 bits per heavy atom. The lowest BCUT2D eigenvalue weighted by molar-refractivity contribution is -0.131. The molecule has 7 heteroatoms. The average Bonchev–Trinajstić information content (AvgIpc) is 2.75. The maximum absolute atomic E-state index is 12.4. The van der Waals surface area contributed by atoms with Gasteiger partial charge in [0.05, 0.1) is 12.3 Å². The van der Waals surface area contributed by atoms with E-state index in [0.717, 1.165) is 50.5 Å². The van der Waals surface area contributed by atoms with Gasteiger partial charge in [0.2, 0.25) is 5.91 Å². The first kappa shape index (κ1) is 20.3. The summed E-state index contributed by atoms with van der Waals surface area (Å²) in [5.41, 5.74) is 1.08. The van der Waals surface area contributed by atoms with Gasteiger partial charge in [0, 0.05) is 52.2 Å². The van der Waals surface area contributed by atoms with E-state index in [4.69, 9.17) is 4.74 Å². The number of piperazine rings is 1. The van der Waals surface area contributed by atoms with Gasteiger partial charge in [-0.1, -0.05) is 12.1 Å². The summed E-state index contributed by atoms with van der Waals surface area (Å²) in [6, 6.07) is 7.95. The first-order chi connectivity index (χ1) is 13.7. The van der Waals surface area contributed by atoms with Gasteiger partial charge in [0.15, 0.2) is 0 Å². The fourth-order valence-electron chi connectivity index (χ4n) is 3.84. The van der Waals surface area contributed by atoms with Crippen molar-refractivity contribution in [1.82, 2.24) is 15.1 Å². The van der Waals surface area contributed by atoms with E-state index in [0.29, 0.717) is 32.7 Å². The monoisotopic (exact) mass is 388 g/mol. The van der Waals surface area contributed by atoms with Crippen molar-refractivity contribution in [3.05, 3.63) is 24.3 Å². The number of piperidine rings is 1. The second-order valence-electron chi connectivity index (χ2n) is 7.30. The van der Waals surface area contributed by atoms with Crippen molar-refractivity contribution in [2.75, 3.05) is 57.3 Å². The zero-order valence-electron chi connectivity index (χ0n) is 16.9. The van der Waals surface area contributed by atoms with Gasteiger partial charge < -0.3 is 24.8 Å². The van der Waals surface area contributed by atoms with Crippen LogP contribution in [0.3, 0.4) is 0 Å². The number of nitrogens with one attached hydrogen (secondary N) is 1. The second-order valence-corrected chi connectivity index (χ2v) is 7.30. The maximum atomic E-state index is 12.4. The van der Waals surface area contributed by atoms with E-state index in [2.05, 4.69) is 16.3 Å². The highest BCUT2D eigenvalue weighted by Crippen LogP contribution is 2.28. The average molecular weight is 389 g/mol. The third-order valence-corrected chi connectivity index (χ3v) is 5.40. The van der Waals surface area contributed by atoms with Gasteiger partial charge in [-0.3, -0.25) is 4.79 Å². The lowest BCUT2D eigenvalue weighted by Gasteiger charge is -2.36. The van der Waals surface area contributed by atoms with E-state index in [1.54, 1.807) is 0 Å². The molecule has 0 aliphatic carbocycles. The molecule has 2 heterocycles. The van der Waals surface area contributed by atoms with Crippen molar-refractivity contribution in [2.24, 2.45) is 0 Å². The van der Waals surface area contributed by atoms with Crippen LogP contribution in [0.15, 0.2) is 24.3 Å². The topological polar surface area (TPSA) is 65.1 Å². The Balaban J connectivity index is 1.41. The number of hydrogen-bond acceptors (Lipinski definition) is 4. The number of carbonyl (C=O) groups is 2. The van der Waals surface area contributed by atoms with E-state index in [1.807, 2.05) is 34.9 Å². The molecule has 3 amide bonds. The van der Waals surface area contributed by atoms with E-state index < -0.39 is 0 Å². The molecule has 0 atom stereocenters. The zero-order chi connectivity index (χ0) is 19.8. The number of carbonyl (C=O) groups excluding carboxylic acids is 2. The molecule has 0 radical (unpaired) electrons. The molecule has 0 spiro atoms. The summed E-state index contributed by atoms with van der Waals surface area (Å²) >= 11 is 0. The summed E-state index contributed by atoms with van der Waals surface area (Å²) in [6.45, 7) is 7.59. The van der Waals surface area contributed by atoms with Gasteiger partial charge in [0.25, 0.3) is 0 Å². The van der Waals surface area contributed by atoms with Crippen molar-refractivity contribution in [3.8, 4) is 5.75 Å². The van der Waals surface area contributed by atoms with Crippen molar-refractivity contribution < 1.29 is 14.3 Å². The van der Waals surface area contributed by atoms with Crippen LogP contribution in [0.25, 0.3) is 0 Å². The van der Waals surface area contributed by atoms with Crippen LogP contribution in [0.5, 0.6) is 5.75 Å². The quantitative estimate of drug-likeness (QED) is 0.812. The third-order valence-electron chi connectivity index (χ3n) is 5.40. The summed E-state index contributed by atoms with van der Waals surface area (Å²) in [5, 5.41) is 2.90. The fraction of sp³-hybridized carbons (Fsp3) is 0.619. The highest BCUT2D eigenvalue weighted by molar-refractivity contribution is 5.78. The Morgan fingerprint density at radius 3 is 2.39 bits per heavy atom. The van der Waals surface area contributed by atoms with Gasteiger partial charge in [-0.2, -0.15) is 0 Å². The van der Waals surface area contributed by atoms with Crippen LogP contribution < -0.4 is 15.0 Å². The first-order valence-electron chi connectivity index (χ1n) is 10.5. The minimum absolute atomic E-state index is 0.0795. The van der Waals surface area contributed by atoms with Crippen LogP contribution in [0.4, 0.5) is 10.5 Å². The number of likely N-dealkylation sites (tertiary alicyclic amines) is 1. The molecular formula is C21H32N4O3. The number of anilines is 1. The Labute approximate surface area is 167 Å². The minimum atomic E-state index is -0.0795. The molecule has 7 nitrogen and oxygen atoms in total. The molecule has 28 heavy (non-hydrogen) atoms. The van der Waals surface area contributed by atoms with Crippen LogP contribution in [0.2, 0.25) is 0 Å². The molecule has 0 saturated carbocycles. The van der Waals surface area contributed by atoms with Crippen LogP contribution >= 0.6 is 0 Å². The SMILES string of the molecule is CCOc1ccccc1N1CCN(C(=O)NCCC(=O)N2CCCCC2)CC1. The molecule has 1 aromatic rings. The Hall–Kier alpha value is -2.44. The molecule has 3 rings (SSSR count). The Kier molecular flexibility index (Phi) is 7.39. The summed E-state index contributed by atoms with van der Waals surface area (Å²) in [5.74, 6) is 1.04. The van der Waals surface area contributed by atoms with Crippen LogP contribution in [-0.2, 0) is 4.79 Å². The number of amides is 3. The standard InChI is InChI=1S/C21H32N4O3/c1-2-28-19-9-5-4-8-18(19)23-14-16-25(17-15-23)21(27)22-11-10-20(26)24-12-6-3-7-13-24/h4-5,8-9H,2-3,6-7,10-17H2,1H3,(H,22,27). The molecule has 2 saturated heterocycles. The maximum Gasteiger partial charge on any atom is 0.317 e. The molecule has 0 unspecified atom stereocenters. The molecule has 0 bridgehead atoms. The number of urea groups is 1. The lowest BCUT2D eigenvalue weighted by atomic mass is 10.1. The fourth-order valence-corrected chi connectivity index (χ4v) is 3.84. The zero-order valence-corrected chi connectivity index (χ0v) is 16.9. The number of benzene rings is 1. The van der Waals surface area contributed by atoms with Crippen molar-refractivity contribution in [2.45, 2.75) is 32.6 Å². The molecule has 1 N–H and O–H groups in total. The van der Waals surface area contributed by atoms with E-state index >= 15 is 0 Å². The second kappa shape index (κ2) is 10.2. The molecule has 0 aromatic heterocycles. The van der Waals surface area contributed by atoms with Crippen LogP contribution in [-0.4, -0.2) is 74.2 Å². The number of ether oxygens (including phenoxy) is 1. The van der Waals surface area contributed by atoms with Crippen LogP contribution in [0.1, 0.15) is 32.6 Å². The van der Waals surface area contributed by atoms with Crippen molar-refractivity contribution in [3.63, 3.8) is 0 Å². The summed E-state index contributed by atoms with van der Waals surface area (Å²) in [7, 11) is 0. The van der Waals surface area contributed by atoms with Gasteiger partial charge in [-0.05, 0) is 38.3 Å². The van der Waals surface area contributed by atoms with Gasteiger partial charge in [-0.15, -0.1) is 0 Å². The molecular weight excluding hydrogens is 356 g/mol. The summed E-state index contributed by atoms with van der Waals surface area (Å²) in [4.78, 5) is 30.6. The van der Waals surface area contributed by atoms with Crippen molar-refractivity contribution >= 4 is 17.6 Å². The van der Waals surface area contributed by atoms with E-state index in [1.165, 1.54) is 6.42 Å².